The van der Waals surface area contributed by atoms with E-state index < -0.39 is 5.97 Å². The molecule has 3 aromatic rings. The smallest absolute Gasteiger partial charge is 0.341 e. The van der Waals surface area contributed by atoms with Crippen LogP contribution >= 0.6 is 0 Å². The minimum absolute atomic E-state index is 0.0114. The number of amides is 1. The Balaban J connectivity index is 1.53. The van der Waals surface area contributed by atoms with E-state index in [1.807, 2.05) is 0 Å². The summed E-state index contributed by atoms with van der Waals surface area (Å²) in [5.41, 5.74) is 1.27. The maximum Gasteiger partial charge on any atom is 0.341 e. The Hall–Kier alpha value is -3.72. The van der Waals surface area contributed by atoms with Gasteiger partial charge >= 0.3 is 5.97 Å². The van der Waals surface area contributed by atoms with Crippen LogP contribution < -0.4 is 15.6 Å². The second-order valence-electron chi connectivity index (χ2n) is 6.33. The minimum atomic E-state index is -0.528. The lowest BCUT2D eigenvalue weighted by Crippen LogP contribution is -2.27. The molecule has 30 heavy (non-hydrogen) atoms. The van der Waals surface area contributed by atoms with Gasteiger partial charge in [-0.2, -0.15) is 0 Å². The van der Waals surface area contributed by atoms with Crippen molar-refractivity contribution < 1.29 is 23.8 Å². The molecule has 2 N–H and O–H groups in total. The zero-order valence-corrected chi connectivity index (χ0v) is 16.6. The SMILES string of the molecule is COC(=O)c1cc(CNC(=O)COCc2nc3ccccc3c(=O)[nH]2)ccc1OC. The predicted octanol–water partition coefficient (Wildman–Crippen LogP) is 1.55. The van der Waals surface area contributed by atoms with Gasteiger partial charge in [0.15, 0.2) is 0 Å². The van der Waals surface area contributed by atoms with Gasteiger partial charge in [0.25, 0.3) is 5.56 Å². The predicted molar refractivity (Wildman–Crippen MR) is 108 cm³/mol. The van der Waals surface area contributed by atoms with Gasteiger partial charge in [0.1, 0.15) is 30.4 Å². The zero-order valence-electron chi connectivity index (χ0n) is 16.6. The molecule has 0 aliphatic heterocycles. The molecule has 0 aliphatic carbocycles. The van der Waals surface area contributed by atoms with E-state index in [9.17, 15) is 14.4 Å². The largest absolute Gasteiger partial charge is 0.496 e. The molecule has 9 heteroatoms. The van der Waals surface area contributed by atoms with Gasteiger partial charge in [0.05, 0.1) is 25.1 Å². The Morgan fingerprint density at radius 2 is 1.93 bits per heavy atom. The molecule has 2 aromatic carbocycles. The molecule has 0 fully saturated rings. The second-order valence-corrected chi connectivity index (χ2v) is 6.33. The Kier molecular flexibility index (Phi) is 6.76. The van der Waals surface area contributed by atoms with E-state index in [0.29, 0.717) is 28.0 Å². The first-order valence-corrected chi connectivity index (χ1v) is 9.09. The third-order valence-electron chi connectivity index (χ3n) is 4.29. The van der Waals surface area contributed by atoms with Crippen molar-refractivity contribution in [3.63, 3.8) is 0 Å². The lowest BCUT2D eigenvalue weighted by molar-refractivity contribution is -0.126. The monoisotopic (exact) mass is 411 g/mol. The number of hydrogen-bond acceptors (Lipinski definition) is 7. The van der Waals surface area contributed by atoms with E-state index in [2.05, 4.69) is 15.3 Å². The third-order valence-corrected chi connectivity index (χ3v) is 4.29. The molecule has 0 saturated carbocycles. The van der Waals surface area contributed by atoms with Crippen molar-refractivity contribution in [3.05, 3.63) is 69.8 Å². The van der Waals surface area contributed by atoms with Crippen LogP contribution in [-0.2, 0) is 27.4 Å². The first kappa shape index (κ1) is 21.0. The Labute approximate surface area is 172 Å². The number of hydrogen-bond donors (Lipinski definition) is 2. The van der Waals surface area contributed by atoms with Gasteiger partial charge in [0.2, 0.25) is 5.91 Å². The third kappa shape index (κ3) is 5.00. The maximum atomic E-state index is 12.0. The number of nitrogens with one attached hydrogen (secondary N) is 2. The average molecular weight is 411 g/mol. The normalized spacial score (nSPS) is 10.6. The van der Waals surface area contributed by atoms with Crippen molar-refractivity contribution in [1.82, 2.24) is 15.3 Å². The van der Waals surface area contributed by atoms with Gasteiger partial charge in [-0.3, -0.25) is 9.59 Å². The molecule has 0 atom stereocenters. The maximum absolute atomic E-state index is 12.0. The van der Waals surface area contributed by atoms with Crippen molar-refractivity contribution in [1.29, 1.82) is 0 Å². The molecule has 0 radical (unpaired) electrons. The lowest BCUT2D eigenvalue weighted by Gasteiger charge is -2.10. The molecular formula is C21H21N3O6. The number of fused-ring (bicyclic) bond motifs is 1. The van der Waals surface area contributed by atoms with Crippen LogP contribution in [-0.4, -0.2) is 42.7 Å². The summed E-state index contributed by atoms with van der Waals surface area (Å²) in [5, 5.41) is 3.19. The number of H-pyrrole nitrogens is 1. The molecule has 0 saturated heterocycles. The molecule has 0 bridgehead atoms. The fourth-order valence-electron chi connectivity index (χ4n) is 2.83. The van der Waals surface area contributed by atoms with Crippen LogP contribution in [0.15, 0.2) is 47.3 Å². The molecule has 0 spiro atoms. The standard InChI is InChI=1S/C21H21N3O6/c1-28-17-8-7-13(9-15(17)21(27)29-2)10-22-19(25)12-30-11-18-23-16-6-4-3-5-14(16)20(26)24-18/h3-9H,10-12H2,1-2H3,(H,22,25)(H,23,24,26). The molecule has 156 valence electrons. The van der Waals surface area contributed by atoms with Gasteiger partial charge in [-0.25, -0.2) is 9.78 Å². The van der Waals surface area contributed by atoms with Gasteiger partial charge < -0.3 is 24.5 Å². The highest BCUT2D eigenvalue weighted by atomic mass is 16.5. The topological polar surface area (TPSA) is 120 Å². The minimum Gasteiger partial charge on any atom is -0.496 e. The fourth-order valence-corrected chi connectivity index (χ4v) is 2.83. The number of benzene rings is 2. The van der Waals surface area contributed by atoms with Crippen molar-refractivity contribution in [2.75, 3.05) is 20.8 Å². The van der Waals surface area contributed by atoms with Crippen LogP contribution in [0.2, 0.25) is 0 Å². The van der Waals surface area contributed by atoms with Crippen LogP contribution in [0.25, 0.3) is 10.9 Å². The summed E-state index contributed by atoms with van der Waals surface area (Å²) in [6.45, 7) is -0.0275. The number of rotatable bonds is 8. The molecule has 9 nitrogen and oxygen atoms in total. The van der Waals surface area contributed by atoms with Crippen LogP contribution in [0.3, 0.4) is 0 Å². The molecule has 1 heterocycles. The summed E-state index contributed by atoms with van der Waals surface area (Å²) in [4.78, 5) is 42.8. The average Bonchev–Trinajstić information content (AvgIpc) is 2.77. The highest BCUT2D eigenvalue weighted by molar-refractivity contribution is 5.92. The van der Waals surface area contributed by atoms with E-state index in [-0.39, 0.29) is 36.8 Å². The number of methoxy groups -OCH3 is 2. The Bertz CT molecular complexity index is 1130. The van der Waals surface area contributed by atoms with Crippen LogP contribution in [0.5, 0.6) is 5.75 Å². The number of nitrogens with zero attached hydrogens (tertiary/aromatic N) is 1. The quantitative estimate of drug-likeness (QED) is 0.540. The highest BCUT2D eigenvalue weighted by Gasteiger charge is 2.14. The number of aromatic nitrogens is 2. The molecule has 1 aromatic heterocycles. The summed E-state index contributed by atoms with van der Waals surface area (Å²) in [6, 6.07) is 11.9. The van der Waals surface area contributed by atoms with Gasteiger partial charge in [-0.1, -0.05) is 18.2 Å². The van der Waals surface area contributed by atoms with Crippen molar-refractivity contribution in [3.8, 4) is 5.75 Å². The molecular weight excluding hydrogens is 390 g/mol. The number of ether oxygens (including phenoxy) is 3. The first-order valence-electron chi connectivity index (χ1n) is 9.09. The Morgan fingerprint density at radius 1 is 1.13 bits per heavy atom. The van der Waals surface area contributed by atoms with E-state index in [4.69, 9.17) is 14.2 Å². The van der Waals surface area contributed by atoms with Gasteiger partial charge in [-0.15, -0.1) is 0 Å². The van der Waals surface area contributed by atoms with Gasteiger partial charge in [-0.05, 0) is 29.8 Å². The van der Waals surface area contributed by atoms with E-state index in [1.165, 1.54) is 14.2 Å². The number of carbonyl (C=O) groups excluding carboxylic acids is 2. The number of esters is 1. The highest BCUT2D eigenvalue weighted by Crippen LogP contribution is 2.20. The summed E-state index contributed by atoms with van der Waals surface area (Å²) in [7, 11) is 2.74. The lowest BCUT2D eigenvalue weighted by atomic mass is 10.1. The zero-order chi connectivity index (χ0) is 21.5. The molecule has 0 unspecified atom stereocenters. The van der Waals surface area contributed by atoms with Gasteiger partial charge in [0, 0.05) is 6.54 Å². The van der Waals surface area contributed by atoms with E-state index in [1.54, 1.807) is 42.5 Å². The van der Waals surface area contributed by atoms with Crippen molar-refractivity contribution in [2.45, 2.75) is 13.2 Å². The van der Waals surface area contributed by atoms with E-state index in [0.717, 1.165) is 0 Å². The molecule has 0 aliphatic rings. The summed E-state index contributed by atoms with van der Waals surface area (Å²) < 4.78 is 15.2. The number of aromatic amines is 1. The fraction of sp³-hybridized carbons (Fsp3) is 0.238. The van der Waals surface area contributed by atoms with Crippen molar-refractivity contribution in [2.24, 2.45) is 0 Å². The summed E-state index contributed by atoms with van der Waals surface area (Å²) in [6.07, 6.45) is 0. The van der Waals surface area contributed by atoms with Crippen molar-refractivity contribution >= 4 is 22.8 Å². The second kappa shape index (κ2) is 9.66. The molecule has 1 amide bonds. The summed E-state index contributed by atoms with van der Waals surface area (Å²) in [5.74, 6) is -0.157. The Morgan fingerprint density at radius 3 is 2.70 bits per heavy atom. The van der Waals surface area contributed by atoms with Crippen LogP contribution in [0.4, 0.5) is 0 Å². The molecule has 3 rings (SSSR count). The van der Waals surface area contributed by atoms with Crippen LogP contribution in [0.1, 0.15) is 21.7 Å². The number of carbonyl (C=O) groups is 2. The first-order chi connectivity index (χ1) is 14.5. The van der Waals surface area contributed by atoms with Crippen LogP contribution in [0, 0.1) is 0 Å². The van der Waals surface area contributed by atoms with E-state index >= 15 is 0 Å². The number of para-hydroxylation sites is 1. The summed E-state index contributed by atoms with van der Waals surface area (Å²) >= 11 is 0.